The van der Waals surface area contributed by atoms with Gasteiger partial charge in [0.05, 0.1) is 6.20 Å². The maximum Gasteiger partial charge on any atom is 0.0522 e. The molecule has 1 saturated heterocycles. The molecule has 1 aromatic heterocycles. The van der Waals surface area contributed by atoms with Gasteiger partial charge >= 0.3 is 0 Å². The van der Waals surface area contributed by atoms with E-state index < -0.39 is 0 Å². The molecule has 1 saturated carbocycles. The molecule has 0 spiro atoms. The van der Waals surface area contributed by atoms with Crippen molar-refractivity contribution in [1.29, 1.82) is 0 Å². The van der Waals surface area contributed by atoms with E-state index in [-0.39, 0.29) is 0 Å². The summed E-state index contributed by atoms with van der Waals surface area (Å²) in [5.74, 6) is 0. The number of hydrogen-bond donors (Lipinski definition) is 1. The van der Waals surface area contributed by atoms with Gasteiger partial charge in [-0.2, -0.15) is 5.10 Å². The van der Waals surface area contributed by atoms with E-state index in [1.54, 1.807) is 0 Å². The van der Waals surface area contributed by atoms with Crippen LogP contribution >= 0.6 is 0 Å². The third kappa shape index (κ3) is 3.07. The van der Waals surface area contributed by atoms with Gasteiger partial charge in [-0.25, -0.2) is 0 Å². The molecule has 2 heterocycles. The van der Waals surface area contributed by atoms with Crippen LogP contribution in [0.15, 0.2) is 12.4 Å². The molecule has 1 unspecified atom stereocenters. The van der Waals surface area contributed by atoms with Gasteiger partial charge in [0, 0.05) is 38.4 Å². The van der Waals surface area contributed by atoms with Crippen molar-refractivity contribution >= 4 is 0 Å². The molecule has 0 bridgehead atoms. The Morgan fingerprint density at radius 3 is 2.94 bits per heavy atom. The Kier molecular flexibility index (Phi) is 3.16. The fourth-order valence-corrected chi connectivity index (χ4v) is 2.64. The number of hydrogen-bond acceptors (Lipinski definition) is 3. The predicted molar refractivity (Wildman–Crippen MR) is 67.9 cm³/mol. The van der Waals surface area contributed by atoms with Gasteiger partial charge in [0.15, 0.2) is 0 Å². The Morgan fingerprint density at radius 1 is 1.35 bits per heavy atom. The van der Waals surface area contributed by atoms with Gasteiger partial charge in [0.25, 0.3) is 0 Å². The Balaban J connectivity index is 1.40. The standard InChI is InChI=1S/C13H22N4/c1-16-9-11(8-14-16)4-6-17-7-5-13(10-17)15-12-2-3-12/h8-9,12-13,15H,2-7,10H2,1H3. The highest BCUT2D eigenvalue weighted by Gasteiger charge is 2.28. The van der Waals surface area contributed by atoms with Crippen LogP contribution in [-0.2, 0) is 13.5 Å². The summed E-state index contributed by atoms with van der Waals surface area (Å²) in [4.78, 5) is 2.58. The molecule has 2 fully saturated rings. The van der Waals surface area contributed by atoms with E-state index >= 15 is 0 Å². The summed E-state index contributed by atoms with van der Waals surface area (Å²) in [6, 6.07) is 1.59. The van der Waals surface area contributed by atoms with Gasteiger partial charge in [-0.15, -0.1) is 0 Å². The first-order valence-corrected chi connectivity index (χ1v) is 6.75. The molecule has 1 N–H and O–H groups in total. The highest BCUT2D eigenvalue weighted by atomic mass is 15.2. The van der Waals surface area contributed by atoms with Crippen LogP contribution in [0.4, 0.5) is 0 Å². The van der Waals surface area contributed by atoms with Crippen LogP contribution in [0.25, 0.3) is 0 Å². The lowest BCUT2D eigenvalue weighted by Crippen LogP contribution is -2.34. The van der Waals surface area contributed by atoms with Gasteiger partial charge in [-0.05, 0) is 37.8 Å². The fraction of sp³-hybridized carbons (Fsp3) is 0.769. The first-order chi connectivity index (χ1) is 8.29. The zero-order valence-corrected chi connectivity index (χ0v) is 10.6. The molecule has 17 heavy (non-hydrogen) atoms. The molecule has 4 heteroatoms. The summed E-state index contributed by atoms with van der Waals surface area (Å²) in [6.07, 6.45) is 9.35. The van der Waals surface area contributed by atoms with Crippen LogP contribution in [-0.4, -0.2) is 46.4 Å². The number of aryl methyl sites for hydroxylation is 1. The summed E-state index contributed by atoms with van der Waals surface area (Å²) in [5.41, 5.74) is 1.35. The van der Waals surface area contributed by atoms with Crippen molar-refractivity contribution in [2.75, 3.05) is 19.6 Å². The minimum Gasteiger partial charge on any atom is -0.310 e. The Morgan fingerprint density at radius 2 is 2.24 bits per heavy atom. The molecular formula is C13H22N4. The lowest BCUT2D eigenvalue weighted by atomic mass is 10.2. The minimum absolute atomic E-state index is 0.747. The maximum atomic E-state index is 4.21. The number of nitrogens with one attached hydrogen (secondary N) is 1. The lowest BCUT2D eigenvalue weighted by Gasteiger charge is -2.15. The lowest BCUT2D eigenvalue weighted by molar-refractivity contribution is 0.331. The molecule has 3 rings (SSSR count). The molecule has 94 valence electrons. The molecule has 1 atom stereocenters. The highest BCUT2D eigenvalue weighted by Crippen LogP contribution is 2.21. The Bertz CT molecular complexity index is 369. The van der Waals surface area contributed by atoms with Gasteiger partial charge in [-0.1, -0.05) is 0 Å². The zero-order valence-electron chi connectivity index (χ0n) is 10.6. The quantitative estimate of drug-likeness (QED) is 0.817. The van der Waals surface area contributed by atoms with Crippen LogP contribution in [0, 0.1) is 0 Å². The van der Waals surface area contributed by atoms with Gasteiger partial charge in [0.1, 0.15) is 0 Å². The largest absolute Gasteiger partial charge is 0.310 e. The first-order valence-electron chi connectivity index (χ1n) is 6.75. The van der Waals surface area contributed by atoms with Crippen molar-refractivity contribution in [2.45, 2.75) is 37.8 Å². The van der Waals surface area contributed by atoms with E-state index in [1.165, 1.54) is 44.5 Å². The van der Waals surface area contributed by atoms with Crippen LogP contribution in [0.1, 0.15) is 24.8 Å². The fourth-order valence-electron chi connectivity index (χ4n) is 2.64. The van der Waals surface area contributed by atoms with Crippen LogP contribution in [0.3, 0.4) is 0 Å². The second kappa shape index (κ2) is 4.78. The molecule has 0 aromatic carbocycles. The second-order valence-electron chi connectivity index (χ2n) is 5.50. The summed E-state index contributed by atoms with van der Waals surface area (Å²) in [5, 5.41) is 7.94. The minimum atomic E-state index is 0.747. The molecule has 1 aliphatic carbocycles. The van der Waals surface area contributed by atoms with Crippen molar-refractivity contribution in [3.63, 3.8) is 0 Å². The monoisotopic (exact) mass is 234 g/mol. The van der Waals surface area contributed by atoms with Crippen molar-refractivity contribution in [3.8, 4) is 0 Å². The molecular weight excluding hydrogens is 212 g/mol. The van der Waals surface area contributed by atoms with E-state index in [0.29, 0.717) is 0 Å². The van der Waals surface area contributed by atoms with Crippen molar-refractivity contribution < 1.29 is 0 Å². The van der Waals surface area contributed by atoms with Gasteiger partial charge in [0.2, 0.25) is 0 Å². The summed E-state index contributed by atoms with van der Waals surface area (Å²) < 4.78 is 1.89. The van der Waals surface area contributed by atoms with E-state index in [1.807, 2.05) is 17.9 Å². The molecule has 1 aromatic rings. The van der Waals surface area contributed by atoms with Crippen molar-refractivity contribution in [3.05, 3.63) is 18.0 Å². The van der Waals surface area contributed by atoms with Crippen molar-refractivity contribution in [1.82, 2.24) is 20.0 Å². The van der Waals surface area contributed by atoms with E-state index in [9.17, 15) is 0 Å². The molecule has 1 aliphatic heterocycles. The second-order valence-corrected chi connectivity index (χ2v) is 5.50. The van der Waals surface area contributed by atoms with E-state index in [0.717, 1.165) is 18.5 Å². The SMILES string of the molecule is Cn1cc(CCN2CCC(NC3CC3)C2)cn1. The molecule has 2 aliphatic rings. The third-order valence-electron chi connectivity index (χ3n) is 3.80. The van der Waals surface area contributed by atoms with E-state index in [4.69, 9.17) is 0 Å². The average Bonchev–Trinajstić information content (AvgIpc) is 2.84. The van der Waals surface area contributed by atoms with Gasteiger partial charge in [-0.3, -0.25) is 4.68 Å². The zero-order chi connectivity index (χ0) is 11.7. The van der Waals surface area contributed by atoms with Crippen LogP contribution in [0.5, 0.6) is 0 Å². The van der Waals surface area contributed by atoms with Gasteiger partial charge < -0.3 is 10.2 Å². The summed E-state index contributed by atoms with van der Waals surface area (Å²) in [6.45, 7) is 3.66. The average molecular weight is 234 g/mol. The maximum absolute atomic E-state index is 4.21. The number of aromatic nitrogens is 2. The normalized spacial score (nSPS) is 25.6. The number of nitrogens with zero attached hydrogens (tertiary/aromatic N) is 3. The Labute approximate surface area is 103 Å². The van der Waals surface area contributed by atoms with Crippen LogP contribution in [0.2, 0.25) is 0 Å². The summed E-state index contributed by atoms with van der Waals surface area (Å²) in [7, 11) is 1.98. The molecule has 0 radical (unpaired) electrons. The number of likely N-dealkylation sites (tertiary alicyclic amines) is 1. The van der Waals surface area contributed by atoms with Crippen molar-refractivity contribution in [2.24, 2.45) is 7.05 Å². The topological polar surface area (TPSA) is 33.1 Å². The highest BCUT2D eigenvalue weighted by molar-refractivity contribution is 5.04. The third-order valence-corrected chi connectivity index (χ3v) is 3.80. The smallest absolute Gasteiger partial charge is 0.0522 e. The van der Waals surface area contributed by atoms with Crippen LogP contribution < -0.4 is 5.32 Å². The summed E-state index contributed by atoms with van der Waals surface area (Å²) >= 11 is 0. The first kappa shape index (κ1) is 11.2. The molecule has 0 amide bonds. The Hall–Kier alpha value is -0.870. The number of rotatable bonds is 5. The predicted octanol–water partition coefficient (Wildman–Crippen LogP) is 0.789. The molecule has 4 nitrogen and oxygen atoms in total. The van der Waals surface area contributed by atoms with E-state index in [2.05, 4.69) is 21.5 Å².